The quantitative estimate of drug-likeness (QED) is 0.861. The van der Waals surface area contributed by atoms with Gasteiger partial charge in [-0.15, -0.1) is 11.8 Å². The Hall–Kier alpha value is 0.110. The van der Waals surface area contributed by atoms with Crippen molar-refractivity contribution in [3.05, 3.63) is 28.2 Å². The van der Waals surface area contributed by atoms with E-state index in [1.165, 1.54) is 12.8 Å². The van der Waals surface area contributed by atoms with Gasteiger partial charge in [0.2, 0.25) is 0 Å². The van der Waals surface area contributed by atoms with Crippen LogP contribution in [0.2, 0.25) is 10.0 Å². The van der Waals surface area contributed by atoms with Gasteiger partial charge in [0.25, 0.3) is 0 Å². The summed E-state index contributed by atoms with van der Waals surface area (Å²) < 4.78 is 0. The van der Waals surface area contributed by atoms with Gasteiger partial charge < -0.3 is 5.73 Å². The lowest BCUT2D eigenvalue weighted by molar-refractivity contribution is 0.357. The molecule has 1 nitrogen and oxygen atoms in total. The van der Waals surface area contributed by atoms with Crippen molar-refractivity contribution in [2.75, 3.05) is 0 Å². The van der Waals surface area contributed by atoms with Crippen molar-refractivity contribution in [2.45, 2.75) is 42.4 Å². The van der Waals surface area contributed by atoms with E-state index in [0.717, 1.165) is 17.2 Å². The summed E-state index contributed by atoms with van der Waals surface area (Å²) in [7, 11) is 0. The lowest BCUT2D eigenvalue weighted by atomic mass is 9.87. The fourth-order valence-corrected chi connectivity index (χ4v) is 3.99. The highest BCUT2D eigenvalue weighted by molar-refractivity contribution is 8.00. The second-order valence-corrected chi connectivity index (χ2v) is 6.94. The number of halogens is 2. The van der Waals surface area contributed by atoms with E-state index >= 15 is 0 Å². The predicted molar refractivity (Wildman–Crippen MR) is 77.1 cm³/mol. The Labute approximate surface area is 117 Å². The number of nitrogens with two attached hydrogens (primary N) is 1. The van der Waals surface area contributed by atoms with Crippen LogP contribution < -0.4 is 5.73 Å². The number of hydrogen-bond donors (Lipinski definition) is 1. The van der Waals surface area contributed by atoms with Crippen molar-refractivity contribution in [3.63, 3.8) is 0 Å². The summed E-state index contributed by atoms with van der Waals surface area (Å²) in [6, 6.07) is 6.10. The summed E-state index contributed by atoms with van der Waals surface area (Å²) in [6.07, 6.45) is 3.56. The molecule has 17 heavy (non-hydrogen) atoms. The molecule has 0 amide bonds. The van der Waals surface area contributed by atoms with Gasteiger partial charge in [0.15, 0.2) is 0 Å². The van der Waals surface area contributed by atoms with Gasteiger partial charge in [0, 0.05) is 16.2 Å². The predicted octanol–water partition coefficient (Wildman–Crippen LogP) is 4.60. The Morgan fingerprint density at radius 3 is 2.71 bits per heavy atom. The molecule has 0 saturated heterocycles. The van der Waals surface area contributed by atoms with Crippen LogP contribution in [0, 0.1) is 5.92 Å². The molecule has 2 rings (SSSR count). The Morgan fingerprint density at radius 2 is 2.00 bits per heavy atom. The summed E-state index contributed by atoms with van der Waals surface area (Å²) in [5.74, 6) is 0.773. The summed E-state index contributed by atoms with van der Waals surface area (Å²) in [4.78, 5) is 1.16. The number of benzene rings is 1. The van der Waals surface area contributed by atoms with Crippen LogP contribution in [0.4, 0.5) is 0 Å². The maximum absolute atomic E-state index is 6.18. The Morgan fingerprint density at radius 1 is 1.24 bits per heavy atom. The highest BCUT2D eigenvalue weighted by Gasteiger charge is 2.26. The molecule has 1 aromatic rings. The van der Waals surface area contributed by atoms with Crippen LogP contribution in [0.25, 0.3) is 0 Å². The fraction of sp³-hybridized carbons (Fsp3) is 0.538. The number of rotatable bonds is 2. The van der Waals surface area contributed by atoms with Gasteiger partial charge in [-0.05, 0) is 43.4 Å². The molecule has 0 aliphatic heterocycles. The largest absolute Gasteiger partial charge is 0.327 e. The van der Waals surface area contributed by atoms with Gasteiger partial charge in [-0.25, -0.2) is 0 Å². The topological polar surface area (TPSA) is 26.0 Å². The smallest absolute Gasteiger partial charge is 0.0603 e. The van der Waals surface area contributed by atoms with Gasteiger partial charge in [0.1, 0.15) is 0 Å². The van der Waals surface area contributed by atoms with Gasteiger partial charge in [-0.2, -0.15) is 0 Å². The highest BCUT2D eigenvalue weighted by Crippen LogP contribution is 2.37. The molecule has 3 unspecified atom stereocenters. The molecule has 0 spiro atoms. The second-order valence-electron chi connectivity index (χ2n) is 4.81. The van der Waals surface area contributed by atoms with Gasteiger partial charge in [0.05, 0.1) is 10.0 Å². The van der Waals surface area contributed by atoms with Gasteiger partial charge in [-0.3, -0.25) is 0 Å². The molecule has 1 aliphatic rings. The zero-order chi connectivity index (χ0) is 12.4. The van der Waals surface area contributed by atoms with Crippen molar-refractivity contribution in [2.24, 2.45) is 11.7 Å². The first kappa shape index (κ1) is 13.5. The molecule has 1 fully saturated rings. The maximum Gasteiger partial charge on any atom is 0.0603 e. The standard InChI is InChI=1S/C13H17Cl2NS/c1-8-2-5-12(16)13(6-8)17-9-3-4-10(14)11(15)7-9/h3-4,7-8,12-13H,2,5-6,16H2,1H3. The lowest BCUT2D eigenvalue weighted by Crippen LogP contribution is -2.37. The molecule has 1 aromatic carbocycles. The second kappa shape index (κ2) is 5.83. The first-order valence-electron chi connectivity index (χ1n) is 5.93. The van der Waals surface area contributed by atoms with Crippen LogP contribution >= 0.6 is 35.0 Å². The number of hydrogen-bond acceptors (Lipinski definition) is 2. The number of thioether (sulfide) groups is 1. The van der Waals surface area contributed by atoms with E-state index in [1.54, 1.807) is 0 Å². The highest BCUT2D eigenvalue weighted by atomic mass is 35.5. The molecule has 0 heterocycles. The fourth-order valence-electron chi connectivity index (χ4n) is 2.21. The van der Waals surface area contributed by atoms with Gasteiger partial charge >= 0.3 is 0 Å². The average molecular weight is 290 g/mol. The minimum Gasteiger partial charge on any atom is -0.327 e. The molecular weight excluding hydrogens is 273 g/mol. The minimum atomic E-state index is 0.297. The SMILES string of the molecule is CC1CCC(N)C(Sc2ccc(Cl)c(Cl)c2)C1. The van der Waals surface area contributed by atoms with E-state index < -0.39 is 0 Å². The molecule has 0 aromatic heterocycles. The van der Waals surface area contributed by atoms with E-state index in [2.05, 4.69) is 6.92 Å². The van der Waals surface area contributed by atoms with Crippen LogP contribution in [0.3, 0.4) is 0 Å². The van der Waals surface area contributed by atoms with Crippen molar-refractivity contribution < 1.29 is 0 Å². The molecule has 0 bridgehead atoms. The van der Waals surface area contributed by atoms with Crippen molar-refractivity contribution in [1.29, 1.82) is 0 Å². The maximum atomic E-state index is 6.18. The van der Waals surface area contributed by atoms with Crippen LogP contribution in [0.15, 0.2) is 23.1 Å². The Balaban J connectivity index is 2.06. The van der Waals surface area contributed by atoms with E-state index in [0.29, 0.717) is 21.3 Å². The first-order valence-corrected chi connectivity index (χ1v) is 7.57. The van der Waals surface area contributed by atoms with Crippen LogP contribution in [0.5, 0.6) is 0 Å². The zero-order valence-corrected chi connectivity index (χ0v) is 12.2. The summed E-state index contributed by atoms with van der Waals surface area (Å²) >= 11 is 13.8. The average Bonchev–Trinajstić information content (AvgIpc) is 2.29. The van der Waals surface area contributed by atoms with E-state index in [4.69, 9.17) is 28.9 Å². The monoisotopic (exact) mass is 289 g/mol. The molecule has 4 heteroatoms. The van der Waals surface area contributed by atoms with Crippen molar-refractivity contribution >= 4 is 35.0 Å². The molecule has 2 N–H and O–H groups in total. The zero-order valence-electron chi connectivity index (χ0n) is 9.83. The summed E-state index contributed by atoms with van der Waals surface area (Å²) in [5.41, 5.74) is 6.18. The molecular formula is C13H17Cl2NS. The summed E-state index contributed by atoms with van der Waals surface area (Å²) in [6.45, 7) is 2.30. The molecule has 1 saturated carbocycles. The third-order valence-electron chi connectivity index (χ3n) is 3.28. The van der Waals surface area contributed by atoms with Crippen LogP contribution in [-0.4, -0.2) is 11.3 Å². The third-order valence-corrected chi connectivity index (χ3v) is 5.39. The van der Waals surface area contributed by atoms with E-state index in [9.17, 15) is 0 Å². The van der Waals surface area contributed by atoms with Crippen LogP contribution in [-0.2, 0) is 0 Å². The molecule has 94 valence electrons. The normalized spacial score (nSPS) is 29.3. The van der Waals surface area contributed by atoms with E-state index in [1.807, 2.05) is 30.0 Å². The lowest BCUT2D eigenvalue weighted by Gasteiger charge is -2.32. The summed E-state index contributed by atoms with van der Waals surface area (Å²) in [5, 5.41) is 1.72. The van der Waals surface area contributed by atoms with Crippen molar-refractivity contribution in [1.82, 2.24) is 0 Å². The molecule has 3 atom stereocenters. The third kappa shape index (κ3) is 3.54. The first-order chi connectivity index (χ1) is 8.06. The molecule has 1 aliphatic carbocycles. The Bertz CT molecular complexity index is 397. The van der Waals surface area contributed by atoms with Crippen molar-refractivity contribution in [3.8, 4) is 0 Å². The van der Waals surface area contributed by atoms with E-state index in [-0.39, 0.29) is 0 Å². The molecule has 0 radical (unpaired) electrons. The van der Waals surface area contributed by atoms with Crippen LogP contribution in [0.1, 0.15) is 26.2 Å². The minimum absolute atomic E-state index is 0.297. The Kier molecular flexibility index (Phi) is 4.65. The van der Waals surface area contributed by atoms with Gasteiger partial charge in [-0.1, -0.05) is 30.1 Å².